The van der Waals surface area contributed by atoms with Crippen molar-refractivity contribution in [2.45, 2.75) is 71.8 Å². The van der Waals surface area contributed by atoms with Gasteiger partial charge in [0.2, 0.25) is 0 Å². The zero-order chi connectivity index (χ0) is 12.4. The molecule has 0 saturated carbocycles. The van der Waals surface area contributed by atoms with Gasteiger partial charge in [-0.3, -0.25) is 0 Å². The molecule has 0 saturated heterocycles. The normalized spacial score (nSPS) is 15.3. The summed E-state index contributed by atoms with van der Waals surface area (Å²) in [5.74, 6) is 0. The van der Waals surface area contributed by atoms with Gasteiger partial charge in [0.1, 0.15) is 12.5 Å². The summed E-state index contributed by atoms with van der Waals surface area (Å²) in [6, 6.07) is 0. The van der Waals surface area contributed by atoms with Crippen molar-refractivity contribution < 1.29 is 10.2 Å². The van der Waals surface area contributed by atoms with Crippen LogP contribution in [0.15, 0.2) is 12.3 Å². The van der Waals surface area contributed by atoms with E-state index in [0.29, 0.717) is 12.8 Å². The van der Waals surface area contributed by atoms with Gasteiger partial charge in [0.15, 0.2) is 0 Å². The van der Waals surface area contributed by atoms with Crippen LogP contribution in [0.1, 0.15) is 59.3 Å². The molecule has 2 N–H and O–H groups in total. The molecule has 0 amide bonds. The molecule has 0 aliphatic carbocycles. The topological polar surface area (TPSA) is 43.7 Å². The smallest absolute Gasteiger partial charge is 0.128 e. The third kappa shape index (κ3) is 6.13. The van der Waals surface area contributed by atoms with Gasteiger partial charge in [-0.2, -0.15) is 0 Å². The predicted octanol–water partition coefficient (Wildman–Crippen LogP) is 2.84. The molecule has 2 atom stereocenters. The van der Waals surface area contributed by atoms with Crippen LogP contribution in [0.2, 0.25) is 0 Å². The maximum Gasteiger partial charge on any atom is 0.128 e. The third-order valence-corrected chi connectivity index (χ3v) is 2.67. The number of hydrogen-bond donors (Lipinski definition) is 2. The van der Waals surface area contributed by atoms with Gasteiger partial charge in [0.25, 0.3) is 0 Å². The lowest BCUT2D eigenvalue weighted by atomic mass is 10.2. The van der Waals surface area contributed by atoms with E-state index in [1.165, 1.54) is 19.3 Å². The highest BCUT2D eigenvalue weighted by Crippen LogP contribution is 2.10. The first-order chi connectivity index (χ1) is 7.67. The maximum atomic E-state index is 9.74. The number of aliphatic hydroxyl groups excluding tert-OH is 2. The average molecular weight is 229 g/mol. The molecule has 16 heavy (non-hydrogen) atoms. The highest BCUT2D eigenvalue weighted by Gasteiger charge is 2.15. The fraction of sp³-hybridized carbons (Fsp3) is 0.846. The molecule has 0 aliphatic rings. The van der Waals surface area contributed by atoms with Crippen molar-refractivity contribution in [2.75, 3.05) is 0 Å². The first kappa shape index (κ1) is 15.5. The molecule has 0 fully saturated rings. The second-order valence-electron chi connectivity index (χ2n) is 4.11. The third-order valence-electron chi connectivity index (χ3n) is 2.67. The van der Waals surface area contributed by atoms with E-state index in [2.05, 4.69) is 6.92 Å². The molecular formula is C13H27NO2. The van der Waals surface area contributed by atoms with Gasteiger partial charge in [-0.25, -0.2) is 0 Å². The highest BCUT2D eigenvalue weighted by atomic mass is 16.3. The SMILES string of the molecule is CCCCCC=CN(C(O)CC)C(O)CC. The van der Waals surface area contributed by atoms with Gasteiger partial charge in [-0.15, -0.1) is 0 Å². The van der Waals surface area contributed by atoms with Crippen LogP contribution in [0, 0.1) is 0 Å². The van der Waals surface area contributed by atoms with Crippen LogP contribution < -0.4 is 0 Å². The Labute approximate surface area is 99.8 Å². The lowest BCUT2D eigenvalue weighted by Gasteiger charge is -2.30. The number of nitrogens with zero attached hydrogens (tertiary/aromatic N) is 1. The Kier molecular flexibility index (Phi) is 9.34. The lowest BCUT2D eigenvalue weighted by Crippen LogP contribution is -2.38. The molecule has 0 aliphatic heterocycles. The molecule has 0 aromatic rings. The molecule has 0 heterocycles. The van der Waals surface area contributed by atoms with E-state index in [4.69, 9.17) is 0 Å². The summed E-state index contributed by atoms with van der Waals surface area (Å²) < 4.78 is 0. The van der Waals surface area contributed by atoms with Crippen LogP contribution in [0.3, 0.4) is 0 Å². The number of aliphatic hydroxyl groups is 2. The number of rotatable bonds is 9. The van der Waals surface area contributed by atoms with Crippen LogP contribution >= 0.6 is 0 Å². The first-order valence-corrected chi connectivity index (χ1v) is 6.47. The Morgan fingerprint density at radius 1 is 1.00 bits per heavy atom. The first-order valence-electron chi connectivity index (χ1n) is 6.47. The largest absolute Gasteiger partial charge is 0.374 e. The molecule has 0 aromatic carbocycles. The van der Waals surface area contributed by atoms with E-state index in [1.54, 1.807) is 4.90 Å². The number of hydrogen-bond acceptors (Lipinski definition) is 3. The molecule has 3 nitrogen and oxygen atoms in total. The van der Waals surface area contributed by atoms with E-state index in [1.807, 2.05) is 26.1 Å². The molecule has 3 heteroatoms. The zero-order valence-corrected chi connectivity index (χ0v) is 10.9. The van der Waals surface area contributed by atoms with Crippen molar-refractivity contribution in [2.24, 2.45) is 0 Å². The maximum absolute atomic E-state index is 9.74. The molecule has 0 radical (unpaired) electrons. The van der Waals surface area contributed by atoms with Crippen molar-refractivity contribution >= 4 is 0 Å². The van der Waals surface area contributed by atoms with Gasteiger partial charge in [-0.1, -0.05) is 39.7 Å². The van der Waals surface area contributed by atoms with Crippen molar-refractivity contribution in [3.63, 3.8) is 0 Å². The lowest BCUT2D eigenvalue weighted by molar-refractivity contribution is -0.0725. The van der Waals surface area contributed by atoms with Crippen LogP contribution in [0.5, 0.6) is 0 Å². The summed E-state index contributed by atoms with van der Waals surface area (Å²) >= 11 is 0. The minimum atomic E-state index is -0.586. The van der Waals surface area contributed by atoms with Crippen LogP contribution in [0.25, 0.3) is 0 Å². The van der Waals surface area contributed by atoms with Crippen molar-refractivity contribution in [1.29, 1.82) is 0 Å². The molecule has 2 unspecified atom stereocenters. The Balaban J connectivity index is 4.09. The molecule has 0 aromatic heterocycles. The summed E-state index contributed by atoms with van der Waals surface area (Å²) in [7, 11) is 0. The zero-order valence-electron chi connectivity index (χ0n) is 10.9. The van der Waals surface area contributed by atoms with E-state index < -0.39 is 12.5 Å². The van der Waals surface area contributed by atoms with E-state index in [0.717, 1.165) is 6.42 Å². The van der Waals surface area contributed by atoms with Gasteiger partial charge in [-0.05, 0) is 25.7 Å². The Hall–Kier alpha value is -0.540. The van der Waals surface area contributed by atoms with Crippen LogP contribution in [-0.4, -0.2) is 27.6 Å². The average Bonchev–Trinajstić information content (AvgIpc) is 2.32. The quantitative estimate of drug-likeness (QED) is 0.472. The monoisotopic (exact) mass is 229 g/mol. The molecular weight excluding hydrogens is 202 g/mol. The Bertz CT molecular complexity index is 173. The minimum absolute atomic E-state index is 0.586. The van der Waals surface area contributed by atoms with Crippen molar-refractivity contribution in [3.8, 4) is 0 Å². The van der Waals surface area contributed by atoms with Crippen LogP contribution in [-0.2, 0) is 0 Å². The summed E-state index contributed by atoms with van der Waals surface area (Å²) in [6.07, 6.45) is 8.57. The fourth-order valence-electron chi connectivity index (χ4n) is 1.53. The summed E-state index contributed by atoms with van der Waals surface area (Å²) in [6.45, 7) is 5.99. The summed E-state index contributed by atoms with van der Waals surface area (Å²) in [5, 5.41) is 19.5. The number of allylic oxidation sites excluding steroid dienone is 1. The van der Waals surface area contributed by atoms with Crippen LogP contribution in [0.4, 0.5) is 0 Å². The van der Waals surface area contributed by atoms with E-state index in [-0.39, 0.29) is 0 Å². The molecule has 0 rings (SSSR count). The Morgan fingerprint density at radius 3 is 2.00 bits per heavy atom. The van der Waals surface area contributed by atoms with Gasteiger partial charge >= 0.3 is 0 Å². The summed E-state index contributed by atoms with van der Waals surface area (Å²) in [4.78, 5) is 1.63. The van der Waals surface area contributed by atoms with Gasteiger partial charge in [0, 0.05) is 6.20 Å². The Morgan fingerprint density at radius 2 is 1.56 bits per heavy atom. The second kappa shape index (κ2) is 9.67. The van der Waals surface area contributed by atoms with E-state index >= 15 is 0 Å². The van der Waals surface area contributed by atoms with Crippen molar-refractivity contribution in [1.82, 2.24) is 4.90 Å². The number of unbranched alkanes of at least 4 members (excludes halogenated alkanes) is 3. The minimum Gasteiger partial charge on any atom is -0.374 e. The van der Waals surface area contributed by atoms with Gasteiger partial charge in [0.05, 0.1) is 0 Å². The standard InChI is InChI=1S/C13H27NO2/c1-4-7-8-9-10-11-14(12(15)5-2)13(16)6-3/h10-13,15-16H,4-9H2,1-3H3. The van der Waals surface area contributed by atoms with Crippen molar-refractivity contribution in [3.05, 3.63) is 12.3 Å². The highest BCUT2D eigenvalue weighted by molar-refractivity contribution is 4.84. The van der Waals surface area contributed by atoms with E-state index in [9.17, 15) is 10.2 Å². The molecule has 0 spiro atoms. The molecule has 0 bridgehead atoms. The molecule has 96 valence electrons. The predicted molar refractivity (Wildman–Crippen MR) is 67.7 cm³/mol. The fourth-order valence-corrected chi connectivity index (χ4v) is 1.53. The summed E-state index contributed by atoms with van der Waals surface area (Å²) in [5.41, 5.74) is 0. The second-order valence-corrected chi connectivity index (χ2v) is 4.11. The van der Waals surface area contributed by atoms with Gasteiger partial charge < -0.3 is 15.1 Å².